The van der Waals surface area contributed by atoms with Crippen LogP contribution >= 0.6 is 0 Å². The predicted octanol–water partition coefficient (Wildman–Crippen LogP) is 2.43. The van der Waals surface area contributed by atoms with E-state index in [1.54, 1.807) is 31.6 Å². The zero-order chi connectivity index (χ0) is 12.4. The van der Waals surface area contributed by atoms with Crippen LogP contribution in [-0.4, -0.2) is 14.7 Å². The number of hydrogen-bond donors (Lipinski definition) is 1. The van der Waals surface area contributed by atoms with Crippen LogP contribution in [0.25, 0.3) is 0 Å². The van der Waals surface area contributed by atoms with Crippen LogP contribution in [-0.2, 0) is 6.54 Å². The molecule has 2 rings (SSSR count). The van der Waals surface area contributed by atoms with E-state index < -0.39 is 6.10 Å². The highest BCUT2D eigenvalue weighted by Gasteiger charge is 2.15. The molecule has 0 spiro atoms. The maximum Gasteiger partial charge on any atom is 0.126 e. The SMILES string of the molecule is CCn1cncc1C(O)c1ccc(C)c(F)c1. The largest absolute Gasteiger partial charge is 0.382 e. The van der Waals surface area contributed by atoms with E-state index in [-0.39, 0.29) is 5.82 Å². The van der Waals surface area contributed by atoms with Gasteiger partial charge in [-0.05, 0) is 31.0 Å². The minimum Gasteiger partial charge on any atom is -0.382 e. The van der Waals surface area contributed by atoms with Crippen LogP contribution in [0, 0.1) is 12.7 Å². The number of aryl methyl sites for hydroxylation is 2. The van der Waals surface area contributed by atoms with Gasteiger partial charge in [-0.25, -0.2) is 9.37 Å². The van der Waals surface area contributed by atoms with E-state index in [0.29, 0.717) is 16.8 Å². The molecular weight excluding hydrogens is 219 g/mol. The molecule has 3 nitrogen and oxygen atoms in total. The molecule has 0 bridgehead atoms. The van der Waals surface area contributed by atoms with E-state index in [0.717, 1.165) is 6.54 Å². The standard InChI is InChI=1S/C13H15FN2O/c1-3-16-8-15-7-12(16)13(17)10-5-4-9(2)11(14)6-10/h4-8,13,17H,3H2,1-2H3. The predicted molar refractivity (Wildman–Crippen MR) is 63.1 cm³/mol. The van der Waals surface area contributed by atoms with E-state index in [4.69, 9.17) is 0 Å². The lowest BCUT2D eigenvalue weighted by Gasteiger charge is -2.13. The molecule has 1 aromatic heterocycles. The van der Waals surface area contributed by atoms with Crippen LogP contribution < -0.4 is 0 Å². The second-order valence-electron chi connectivity index (χ2n) is 4.02. The summed E-state index contributed by atoms with van der Waals surface area (Å²) in [6.07, 6.45) is 2.42. The topological polar surface area (TPSA) is 38.0 Å². The normalized spacial score (nSPS) is 12.7. The average molecular weight is 234 g/mol. The molecule has 0 saturated heterocycles. The molecule has 1 atom stereocenters. The zero-order valence-corrected chi connectivity index (χ0v) is 9.89. The van der Waals surface area contributed by atoms with Crippen molar-refractivity contribution in [3.8, 4) is 0 Å². The van der Waals surface area contributed by atoms with E-state index in [1.165, 1.54) is 6.07 Å². The van der Waals surface area contributed by atoms with Crippen LogP contribution in [0.15, 0.2) is 30.7 Å². The number of halogens is 1. The van der Waals surface area contributed by atoms with Crippen LogP contribution in [0.3, 0.4) is 0 Å². The highest BCUT2D eigenvalue weighted by Crippen LogP contribution is 2.23. The van der Waals surface area contributed by atoms with Crippen molar-refractivity contribution in [1.29, 1.82) is 0 Å². The van der Waals surface area contributed by atoms with Gasteiger partial charge < -0.3 is 9.67 Å². The molecule has 4 heteroatoms. The summed E-state index contributed by atoms with van der Waals surface area (Å²) in [7, 11) is 0. The van der Waals surface area contributed by atoms with E-state index in [9.17, 15) is 9.50 Å². The Bertz CT molecular complexity index is 522. The summed E-state index contributed by atoms with van der Waals surface area (Å²) in [5, 5.41) is 10.2. The molecule has 17 heavy (non-hydrogen) atoms. The second-order valence-corrected chi connectivity index (χ2v) is 4.02. The van der Waals surface area contributed by atoms with Gasteiger partial charge in [0.1, 0.15) is 11.9 Å². The van der Waals surface area contributed by atoms with Gasteiger partial charge in [0.15, 0.2) is 0 Å². The average Bonchev–Trinajstić information content (AvgIpc) is 2.80. The Labute approximate surface area is 99.5 Å². The summed E-state index contributed by atoms with van der Waals surface area (Å²) >= 11 is 0. The van der Waals surface area contributed by atoms with Crippen molar-refractivity contribution in [1.82, 2.24) is 9.55 Å². The van der Waals surface area contributed by atoms with Gasteiger partial charge in [-0.3, -0.25) is 0 Å². The first-order valence-electron chi connectivity index (χ1n) is 5.57. The Kier molecular flexibility index (Phi) is 3.24. The van der Waals surface area contributed by atoms with Crippen LogP contribution in [0.2, 0.25) is 0 Å². The molecule has 1 heterocycles. The molecule has 1 unspecified atom stereocenters. The highest BCUT2D eigenvalue weighted by atomic mass is 19.1. The Morgan fingerprint density at radius 2 is 2.24 bits per heavy atom. The fourth-order valence-corrected chi connectivity index (χ4v) is 1.77. The highest BCUT2D eigenvalue weighted by molar-refractivity contribution is 5.29. The number of hydrogen-bond acceptors (Lipinski definition) is 2. The summed E-state index contributed by atoms with van der Waals surface area (Å²) in [5.74, 6) is -0.302. The maximum atomic E-state index is 13.4. The smallest absolute Gasteiger partial charge is 0.126 e. The van der Waals surface area contributed by atoms with Crippen LogP contribution in [0.1, 0.15) is 29.8 Å². The molecular formula is C13H15FN2O. The van der Waals surface area contributed by atoms with E-state index in [2.05, 4.69) is 4.98 Å². The van der Waals surface area contributed by atoms with Crippen LogP contribution in [0.5, 0.6) is 0 Å². The van der Waals surface area contributed by atoms with Crippen molar-refractivity contribution in [3.63, 3.8) is 0 Å². The molecule has 0 aliphatic rings. The summed E-state index contributed by atoms with van der Waals surface area (Å²) in [6.45, 7) is 4.39. The molecule has 90 valence electrons. The summed E-state index contributed by atoms with van der Waals surface area (Å²) in [6, 6.07) is 4.77. The Morgan fingerprint density at radius 1 is 1.47 bits per heavy atom. The second kappa shape index (κ2) is 4.67. The first kappa shape index (κ1) is 11.8. The minimum absolute atomic E-state index is 0.302. The molecule has 0 aliphatic heterocycles. The summed E-state index contributed by atoms with van der Waals surface area (Å²) in [4.78, 5) is 3.99. The first-order chi connectivity index (χ1) is 8.13. The van der Waals surface area contributed by atoms with Gasteiger partial charge in [-0.2, -0.15) is 0 Å². The molecule has 0 amide bonds. The lowest BCUT2D eigenvalue weighted by molar-refractivity contribution is 0.209. The monoisotopic (exact) mass is 234 g/mol. The Hall–Kier alpha value is -1.68. The molecule has 2 aromatic rings. The quantitative estimate of drug-likeness (QED) is 0.885. The number of aliphatic hydroxyl groups is 1. The zero-order valence-electron chi connectivity index (χ0n) is 9.89. The number of rotatable bonds is 3. The van der Waals surface area contributed by atoms with Crippen LogP contribution in [0.4, 0.5) is 4.39 Å². The fourth-order valence-electron chi connectivity index (χ4n) is 1.77. The number of aromatic nitrogens is 2. The van der Waals surface area contributed by atoms with E-state index >= 15 is 0 Å². The third-order valence-electron chi connectivity index (χ3n) is 2.88. The lowest BCUT2D eigenvalue weighted by Crippen LogP contribution is -2.07. The van der Waals surface area contributed by atoms with Crippen molar-refractivity contribution in [3.05, 3.63) is 53.4 Å². The Morgan fingerprint density at radius 3 is 2.88 bits per heavy atom. The summed E-state index contributed by atoms with van der Waals surface area (Å²) in [5.41, 5.74) is 1.80. The minimum atomic E-state index is -0.840. The van der Waals surface area contributed by atoms with Gasteiger partial charge in [0, 0.05) is 6.54 Å². The van der Waals surface area contributed by atoms with Gasteiger partial charge in [0.05, 0.1) is 18.2 Å². The maximum absolute atomic E-state index is 13.4. The first-order valence-corrected chi connectivity index (χ1v) is 5.57. The van der Waals surface area contributed by atoms with Gasteiger partial charge in [0.2, 0.25) is 0 Å². The molecule has 0 radical (unpaired) electrons. The van der Waals surface area contributed by atoms with Gasteiger partial charge in [0.25, 0.3) is 0 Å². The lowest BCUT2D eigenvalue weighted by atomic mass is 10.0. The van der Waals surface area contributed by atoms with Crippen molar-refractivity contribution in [2.75, 3.05) is 0 Å². The van der Waals surface area contributed by atoms with Gasteiger partial charge >= 0.3 is 0 Å². The molecule has 1 N–H and O–H groups in total. The summed E-state index contributed by atoms with van der Waals surface area (Å²) < 4.78 is 15.3. The molecule has 0 aliphatic carbocycles. The van der Waals surface area contributed by atoms with Crippen molar-refractivity contribution < 1.29 is 9.50 Å². The molecule has 0 fully saturated rings. The molecule has 1 aromatic carbocycles. The van der Waals surface area contributed by atoms with Gasteiger partial charge in [-0.1, -0.05) is 12.1 Å². The van der Waals surface area contributed by atoms with Gasteiger partial charge in [-0.15, -0.1) is 0 Å². The number of nitrogens with zero attached hydrogens (tertiary/aromatic N) is 2. The third kappa shape index (κ3) is 2.22. The fraction of sp³-hybridized carbons (Fsp3) is 0.308. The third-order valence-corrected chi connectivity index (χ3v) is 2.88. The number of imidazole rings is 1. The number of aliphatic hydroxyl groups excluding tert-OH is 1. The van der Waals surface area contributed by atoms with E-state index in [1.807, 2.05) is 11.5 Å². The van der Waals surface area contributed by atoms with Crippen molar-refractivity contribution in [2.45, 2.75) is 26.5 Å². The Balaban J connectivity index is 2.36. The van der Waals surface area contributed by atoms with Crippen molar-refractivity contribution in [2.24, 2.45) is 0 Å². The molecule has 0 saturated carbocycles. The van der Waals surface area contributed by atoms with Crippen molar-refractivity contribution >= 4 is 0 Å². The number of benzene rings is 1.